The fourth-order valence-electron chi connectivity index (χ4n) is 7.23. The summed E-state index contributed by atoms with van der Waals surface area (Å²) in [5.74, 6) is 1.78. The Morgan fingerprint density at radius 3 is 2.73 bits per heavy atom. The van der Waals surface area contributed by atoms with Crippen LogP contribution in [0.5, 0.6) is 0 Å². The Labute approximate surface area is 156 Å². The second-order valence-corrected chi connectivity index (χ2v) is 9.71. The summed E-state index contributed by atoms with van der Waals surface area (Å²) in [6.45, 7) is 4.61. The predicted molar refractivity (Wildman–Crippen MR) is 98.2 cm³/mol. The summed E-state index contributed by atoms with van der Waals surface area (Å²) < 4.78 is 4.96. The standard InChI is InChI=1S/C22H32O4/c1-21-8-6-14(23)12-18(21)13(11-20(25)26-3)10-15-16-4-5-19(24)22(16,2)9-7-17(15)21/h12-13,15-17,19,24H,4-11H2,1-3H3/t13-,15-,16-,17-,19-,21+,22-/m0/s1. The average Bonchev–Trinajstić information content (AvgIpc) is 2.91. The highest BCUT2D eigenvalue weighted by Gasteiger charge is 2.60. The Balaban J connectivity index is 1.72. The molecule has 0 spiro atoms. The van der Waals surface area contributed by atoms with E-state index in [1.807, 2.05) is 6.08 Å². The van der Waals surface area contributed by atoms with Gasteiger partial charge in [0.1, 0.15) is 0 Å². The molecule has 0 unspecified atom stereocenters. The highest BCUT2D eigenvalue weighted by Crippen LogP contribution is 2.66. The molecule has 0 bridgehead atoms. The molecular weight excluding hydrogens is 328 g/mol. The lowest BCUT2D eigenvalue weighted by Crippen LogP contribution is -2.53. The van der Waals surface area contributed by atoms with Crippen LogP contribution in [0.4, 0.5) is 0 Å². The number of aliphatic hydroxyl groups excluding tert-OH is 1. The minimum absolute atomic E-state index is 0.0182. The number of methoxy groups -OCH3 is 1. The molecular formula is C22H32O4. The topological polar surface area (TPSA) is 63.6 Å². The van der Waals surface area contributed by atoms with Crippen LogP contribution in [0.3, 0.4) is 0 Å². The van der Waals surface area contributed by atoms with Crippen LogP contribution in [0, 0.1) is 34.5 Å². The summed E-state index contributed by atoms with van der Waals surface area (Å²) in [5.41, 5.74) is 1.26. The van der Waals surface area contributed by atoms with E-state index in [0.717, 1.165) is 38.5 Å². The molecule has 0 aromatic rings. The van der Waals surface area contributed by atoms with E-state index in [1.165, 1.54) is 12.7 Å². The first-order valence-corrected chi connectivity index (χ1v) is 10.3. The van der Waals surface area contributed by atoms with Crippen LogP contribution in [0.1, 0.15) is 65.2 Å². The molecule has 7 atom stereocenters. The fourth-order valence-corrected chi connectivity index (χ4v) is 7.23. The third-order valence-corrected chi connectivity index (χ3v) is 8.71. The number of allylic oxidation sites excluding steroid dienone is 1. The minimum atomic E-state index is -0.190. The molecule has 0 heterocycles. The van der Waals surface area contributed by atoms with Gasteiger partial charge < -0.3 is 9.84 Å². The molecule has 4 nitrogen and oxygen atoms in total. The van der Waals surface area contributed by atoms with Crippen LogP contribution in [-0.4, -0.2) is 30.1 Å². The Morgan fingerprint density at radius 1 is 1.23 bits per heavy atom. The van der Waals surface area contributed by atoms with Gasteiger partial charge in [0, 0.05) is 6.42 Å². The number of carbonyl (C=O) groups excluding carboxylic acids is 2. The Morgan fingerprint density at radius 2 is 2.00 bits per heavy atom. The van der Waals surface area contributed by atoms with Crippen molar-refractivity contribution in [2.45, 2.75) is 71.3 Å². The second kappa shape index (κ2) is 6.19. The molecule has 4 aliphatic rings. The highest BCUT2D eigenvalue weighted by molar-refractivity contribution is 5.92. The lowest BCUT2D eigenvalue weighted by molar-refractivity contribution is -0.143. The summed E-state index contributed by atoms with van der Waals surface area (Å²) in [5, 5.41) is 10.6. The minimum Gasteiger partial charge on any atom is -0.469 e. The van der Waals surface area contributed by atoms with Crippen molar-refractivity contribution in [1.82, 2.24) is 0 Å². The molecule has 4 heteroatoms. The molecule has 0 radical (unpaired) electrons. The van der Waals surface area contributed by atoms with E-state index in [9.17, 15) is 14.7 Å². The normalized spacial score (nSPS) is 47.5. The van der Waals surface area contributed by atoms with Crippen LogP contribution in [0.25, 0.3) is 0 Å². The summed E-state index contributed by atoms with van der Waals surface area (Å²) in [6.07, 6.45) is 8.75. The van der Waals surface area contributed by atoms with E-state index in [0.29, 0.717) is 30.6 Å². The number of ether oxygens (including phenoxy) is 1. The van der Waals surface area contributed by atoms with Crippen molar-refractivity contribution >= 4 is 11.8 Å². The number of rotatable bonds is 2. The molecule has 0 aromatic carbocycles. The molecule has 26 heavy (non-hydrogen) atoms. The van der Waals surface area contributed by atoms with E-state index in [-0.39, 0.29) is 34.6 Å². The maximum Gasteiger partial charge on any atom is 0.306 e. The number of carbonyl (C=O) groups is 2. The molecule has 3 saturated carbocycles. The molecule has 4 aliphatic carbocycles. The molecule has 0 aliphatic heterocycles. The van der Waals surface area contributed by atoms with Gasteiger partial charge in [0.2, 0.25) is 0 Å². The largest absolute Gasteiger partial charge is 0.469 e. The second-order valence-electron chi connectivity index (χ2n) is 9.71. The molecule has 0 saturated heterocycles. The highest BCUT2D eigenvalue weighted by atomic mass is 16.5. The number of hydrogen-bond acceptors (Lipinski definition) is 4. The predicted octanol–water partition coefficient (Wildman–Crippen LogP) is 3.67. The lowest BCUT2D eigenvalue weighted by atomic mass is 9.45. The van der Waals surface area contributed by atoms with Crippen molar-refractivity contribution in [1.29, 1.82) is 0 Å². The quantitative estimate of drug-likeness (QED) is 0.763. The van der Waals surface area contributed by atoms with E-state index < -0.39 is 0 Å². The molecule has 144 valence electrons. The monoisotopic (exact) mass is 360 g/mol. The van der Waals surface area contributed by atoms with Gasteiger partial charge in [-0.1, -0.05) is 19.4 Å². The lowest BCUT2D eigenvalue weighted by Gasteiger charge is -2.59. The Hall–Kier alpha value is -1.16. The first-order valence-electron chi connectivity index (χ1n) is 10.3. The maximum absolute atomic E-state index is 12.2. The Bertz CT molecular complexity index is 653. The van der Waals surface area contributed by atoms with Gasteiger partial charge in [0.05, 0.1) is 19.6 Å². The maximum atomic E-state index is 12.2. The molecule has 3 fully saturated rings. The van der Waals surface area contributed by atoms with Crippen molar-refractivity contribution in [3.8, 4) is 0 Å². The van der Waals surface area contributed by atoms with Gasteiger partial charge in [-0.3, -0.25) is 9.59 Å². The van der Waals surface area contributed by atoms with Crippen LogP contribution < -0.4 is 0 Å². The SMILES string of the molecule is COC(=O)C[C@@H]1C[C@H]2[C@@H]3CC[C@H](O)[C@@]3(C)CC[C@@H]2[C@@]2(C)CCC(=O)C=C12. The van der Waals surface area contributed by atoms with Gasteiger partial charge >= 0.3 is 5.97 Å². The van der Waals surface area contributed by atoms with Crippen molar-refractivity contribution in [3.05, 3.63) is 11.6 Å². The average molecular weight is 360 g/mol. The zero-order valence-electron chi connectivity index (χ0n) is 16.3. The first-order chi connectivity index (χ1) is 12.3. The smallest absolute Gasteiger partial charge is 0.306 e. The zero-order chi connectivity index (χ0) is 18.7. The van der Waals surface area contributed by atoms with Crippen LogP contribution in [0.2, 0.25) is 0 Å². The molecule has 0 aromatic heterocycles. The Kier molecular flexibility index (Phi) is 4.33. The molecule has 4 rings (SSSR count). The summed E-state index contributed by atoms with van der Waals surface area (Å²) >= 11 is 0. The summed E-state index contributed by atoms with van der Waals surface area (Å²) in [7, 11) is 1.44. The number of hydrogen-bond donors (Lipinski definition) is 1. The van der Waals surface area contributed by atoms with Crippen molar-refractivity contribution in [3.63, 3.8) is 0 Å². The van der Waals surface area contributed by atoms with Crippen molar-refractivity contribution < 1.29 is 19.4 Å². The van der Waals surface area contributed by atoms with E-state index in [1.54, 1.807) is 0 Å². The number of fused-ring (bicyclic) bond motifs is 5. The first kappa shape index (κ1) is 18.2. The van der Waals surface area contributed by atoms with E-state index >= 15 is 0 Å². The van der Waals surface area contributed by atoms with E-state index in [4.69, 9.17) is 4.74 Å². The van der Waals surface area contributed by atoms with Crippen molar-refractivity contribution in [2.75, 3.05) is 7.11 Å². The number of esters is 1. The third-order valence-electron chi connectivity index (χ3n) is 8.71. The summed E-state index contributed by atoms with van der Waals surface area (Å²) in [6, 6.07) is 0. The number of aliphatic hydroxyl groups is 1. The van der Waals surface area contributed by atoms with Gasteiger partial charge in [-0.25, -0.2) is 0 Å². The summed E-state index contributed by atoms with van der Waals surface area (Å²) in [4.78, 5) is 24.2. The van der Waals surface area contributed by atoms with Crippen molar-refractivity contribution in [2.24, 2.45) is 34.5 Å². The van der Waals surface area contributed by atoms with Gasteiger partial charge in [-0.05, 0) is 79.1 Å². The molecule has 1 N–H and O–H groups in total. The van der Waals surface area contributed by atoms with Crippen LogP contribution in [0.15, 0.2) is 11.6 Å². The van der Waals surface area contributed by atoms with Gasteiger partial charge in [0.15, 0.2) is 5.78 Å². The van der Waals surface area contributed by atoms with Crippen LogP contribution >= 0.6 is 0 Å². The third kappa shape index (κ3) is 2.51. The van der Waals surface area contributed by atoms with Gasteiger partial charge in [-0.15, -0.1) is 0 Å². The zero-order valence-corrected chi connectivity index (χ0v) is 16.3. The van der Waals surface area contributed by atoms with Gasteiger partial charge in [-0.2, -0.15) is 0 Å². The number of ketones is 1. The fraction of sp³-hybridized carbons (Fsp3) is 0.818. The van der Waals surface area contributed by atoms with E-state index in [2.05, 4.69) is 13.8 Å². The molecule has 0 amide bonds. The van der Waals surface area contributed by atoms with Crippen LogP contribution in [-0.2, 0) is 14.3 Å². The van der Waals surface area contributed by atoms with Gasteiger partial charge in [0.25, 0.3) is 0 Å².